The largest absolute Gasteiger partial charge is 0.456 e. The van der Waals surface area contributed by atoms with Gasteiger partial charge >= 0.3 is 0 Å². The molecular weight excluding hydrogens is 568 g/mol. The van der Waals surface area contributed by atoms with Gasteiger partial charge in [-0.25, -0.2) is 19.9 Å². The van der Waals surface area contributed by atoms with Gasteiger partial charge < -0.3 is 8.83 Å². The van der Waals surface area contributed by atoms with E-state index in [1.165, 1.54) is 0 Å². The zero-order chi connectivity index (χ0) is 30.5. The molecule has 0 aliphatic heterocycles. The van der Waals surface area contributed by atoms with E-state index in [-0.39, 0.29) is 0 Å². The highest BCUT2D eigenvalue weighted by Crippen LogP contribution is 2.39. The van der Waals surface area contributed by atoms with Crippen molar-refractivity contribution < 1.29 is 8.83 Å². The van der Waals surface area contributed by atoms with Gasteiger partial charge in [-0.1, -0.05) is 103 Å². The summed E-state index contributed by atoms with van der Waals surface area (Å²) in [4.78, 5) is 19.3. The molecule has 3 heterocycles. The van der Waals surface area contributed by atoms with Gasteiger partial charge in [-0.2, -0.15) is 0 Å². The van der Waals surface area contributed by atoms with E-state index >= 15 is 0 Å². The predicted molar refractivity (Wildman–Crippen MR) is 182 cm³/mol. The molecule has 216 valence electrons. The van der Waals surface area contributed by atoms with Gasteiger partial charge in [0.25, 0.3) is 0 Å². The van der Waals surface area contributed by atoms with Gasteiger partial charge in [0.1, 0.15) is 16.7 Å². The standard InChI is InChI=1S/C40H24N4O2/c1-4-11-25(12-5-1)37-42-38(26-13-6-2-7-14-26)44-39(43-37)29-19-21-31-34(24-29)45-33-18-10-17-30(36(31)33)28-20-22-32-35(23-28)46-40(41-32)27-15-8-3-9-16-27/h1-24H. The zero-order valence-electron chi connectivity index (χ0n) is 24.5. The minimum absolute atomic E-state index is 0.584. The summed E-state index contributed by atoms with van der Waals surface area (Å²) < 4.78 is 12.6. The second-order valence-corrected chi connectivity index (χ2v) is 11.1. The van der Waals surface area contributed by atoms with E-state index < -0.39 is 0 Å². The summed E-state index contributed by atoms with van der Waals surface area (Å²) in [5.41, 5.74) is 8.85. The summed E-state index contributed by atoms with van der Waals surface area (Å²) in [7, 11) is 0. The van der Waals surface area contributed by atoms with Crippen molar-refractivity contribution in [1.29, 1.82) is 0 Å². The third-order valence-electron chi connectivity index (χ3n) is 8.17. The lowest BCUT2D eigenvalue weighted by molar-refractivity contribution is 0.620. The van der Waals surface area contributed by atoms with Crippen molar-refractivity contribution in [2.45, 2.75) is 0 Å². The molecule has 0 aliphatic carbocycles. The fourth-order valence-electron chi connectivity index (χ4n) is 5.94. The summed E-state index contributed by atoms with van der Waals surface area (Å²) in [5.74, 6) is 2.43. The fourth-order valence-corrected chi connectivity index (χ4v) is 5.94. The van der Waals surface area contributed by atoms with Crippen LogP contribution in [0, 0.1) is 0 Å². The summed E-state index contributed by atoms with van der Waals surface area (Å²) >= 11 is 0. The lowest BCUT2D eigenvalue weighted by Crippen LogP contribution is -2.00. The molecule has 9 aromatic rings. The first-order chi connectivity index (χ1) is 22.8. The summed E-state index contributed by atoms with van der Waals surface area (Å²) in [6, 6.07) is 48.4. The number of aromatic nitrogens is 4. The number of oxazole rings is 1. The molecule has 0 fully saturated rings. The molecule has 0 unspecified atom stereocenters. The molecule has 0 saturated carbocycles. The first-order valence-corrected chi connectivity index (χ1v) is 15.1. The molecule has 46 heavy (non-hydrogen) atoms. The SMILES string of the molecule is c1ccc(-c2nc(-c3ccccc3)nc(-c3ccc4c(c3)oc3cccc(-c5ccc6nc(-c7ccccc7)oc6c5)c34)n2)cc1. The van der Waals surface area contributed by atoms with Crippen LogP contribution in [0.3, 0.4) is 0 Å². The van der Waals surface area contributed by atoms with Crippen molar-refractivity contribution in [2.75, 3.05) is 0 Å². The highest BCUT2D eigenvalue weighted by atomic mass is 16.3. The van der Waals surface area contributed by atoms with E-state index in [9.17, 15) is 0 Å². The van der Waals surface area contributed by atoms with Crippen LogP contribution < -0.4 is 0 Å². The Bertz CT molecular complexity index is 2460. The van der Waals surface area contributed by atoms with E-state index in [2.05, 4.69) is 30.3 Å². The van der Waals surface area contributed by atoms with Crippen LogP contribution in [-0.4, -0.2) is 19.9 Å². The van der Waals surface area contributed by atoms with Crippen molar-refractivity contribution in [2.24, 2.45) is 0 Å². The van der Waals surface area contributed by atoms with E-state index in [4.69, 9.17) is 28.8 Å². The van der Waals surface area contributed by atoms with E-state index in [0.717, 1.165) is 66.4 Å². The Kier molecular flexibility index (Phi) is 6.03. The van der Waals surface area contributed by atoms with Crippen LogP contribution >= 0.6 is 0 Å². The zero-order valence-corrected chi connectivity index (χ0v) is 24.5. The van der Waals surface area contributed by atoms with Crippen molar-refractivity contribution in [3.8, 4) is 56.7 Å². The average Bonchev–Trinajstić information content (AvgIpc) is 3.73. The second kappa shape index (κ2) is 10.6. The molecule has 0 spiro atoms. The first-order valence-electron chi connectivity index (χ1n) is 15.1. The molecule has 0 bridgehead atoms. The van der Waals surface area contributed by atoms with E-state index in [1.54, 1.807) is 0 Å². The molecule has 9 rings (SSSR count). The Morgan fingerprint density at radius 2 is 0.957 bits per heavy atom. The minimum Gasteiger partial charge on any atom is -0.456 e. The first kappa shape index (κ1) is 26.0. The van der Waals surface area contributed by atoms with E-state index in [0.29, 0.717) is 23.4 Å². The molecular formula is C40H24N4O2. The molecule has 0 N–H and O–H groups in total. The molecule has 0 amide bonds. The van der Waals surface area contributed by atoms with Gasteiger partial charge in [-0.3, -0.25) is 0 Å². The molecule has 0 saturated heterocycles. The van der Waals surface area contributed by atoms with Crippen molar-refractivity contribution >= 4 is 33.0 Å². The molecule has 6 nitrogen and oxygen atoms in total. The number of hydrogen-bond acceptors (Lipinski definition) is 6. The van der Waals surface area contributed by atoms with E-state index in [1.807, 2.05) is 115 Å². The van der Waals surface area contributed by atoms with Crippen LogP contribution in [0.15, 0.2) is 154 Å². The number of fused-ring (bicyclic) bond motifs is 4. The molecule has 0 radical (unpaired) electrons. The van der Waals surface area contributed by atoms with Crippen molar-refractivity contribution in [1.82, 2.24) is 19.9 Å². The third-order valence-corrected chi connectivity index (χ3v) is 8.17. The summed E-state index contributed by atoms with van der Waals surface area (Å²) in [5, 5.41) is 2.05. The number of benzene rings is 6. The summed E-state index contributed by atoms with van der Waals surface area (Å²) in [6.45, 7) is 0. The van der Waals surface area contributed by atoms with Gasteiger partial charge in [0.15, 0.2) is 23.1 Å². The van der Waals surface area contributed by atoms with Crippen LogP contribution in [0.2, 0.25) is 0 Å². The van der Waals surface area contributed by atoms with Crippen LogP contribution in [0.4, 0.5) is 0 Å². The number of furan rings is 1. The molecule has 0 atom stereocenters. The van der Waals surface area contributed by atoms with Crippen LogP contribution in [0.5, 0.6) is 0 Å². The minimum atomic E-state index is 0.584. The Morgan fingerprint density at radius 3 is 1.63 bits per heavy atom. The normalized spacial score (nSPS) is 11.5. The van der Waals surface area contributed by atoms with Crippen molar-refractivity contribution in [3.05, 3.63) is 146 Å². The maximum atomic E-state index is 6.45. The highest BCUT2D eigenvalue weighted by Gasteiger charge is 2.17. The maximum absolute atomic E-state index is 6.45. The number of rotatable bonds is 5. The smallest absolute Gasteiger partial charge is 0.227 e. The van der Waals surface area contributed by atoms with Gasteiger partial charge in [0.2, 0.25) is 5.89 Å². The monoisotopic (exact) mass is 592 g/mol. The molecule has 6 aromatic carbocycles. The average molecular weight is 593 g/mol. The van der Waals surface area contributed by atoms with Crippen LogP contribution in [-0.2, 0) is 0 Å². The Labute approximate surface area is 263 Å². The highest BCUT2D eigenvalue weighted by molar-refractivity contribution is 6.13. The molecule has 6 heteroatoms. The summed E-state index contributed by atoms with van der Waals surface area (Å²) in [6.07, 6.45) is 0. The topological polar surface area (TPSA) is 77.8 Å². The van der Waals surface area contributed by atoms with Crippen molar-refractivity contribution in [3.63, 3.8) is 0 Å². The second-order valence-electron chi connectivity index (χ2n) is 11.1. The Balaban J connectivity index is 1.16. The lowest BCUT2D eigenvalue weighted by atomic mass is 9.99. The Hall–Kier alpha value is -6.40. The Morgan fingerprint density at radius 1 is 0.370 bits per heavy atom. The molecule has 0 aliphatic rings. The quantitative estimate of drug-likeness (QED) is 0.198. The predicted octanol–water partition coefficient (Wildman–Crippen LogP) is 10.2. The van der Waals surface area contributed by atoms with Crippen LogP contribution in [0.25, 0.3) is 89.8 Å². The van der Waals surface area contributed by atoms with Gasteiger partial charge in [-0.15, -0.1) is 0 Å². The van der Waals surface area contributed by atoms with Gasteiger partial charge in [0.05, 0.1) is 0 Å². The maximum Gasteiger partial charge on any atom is 0.227 e. The molecule has 3 aromatic heterocycles. The van der Waals surface area contributed by atoms with Crippen LogP contribution in [0.1, 0.15) is 0 Å². The number of hydrogen-bond donors (Lipinski definition) is 0. The van der Waals surface area contributed by atoms with Gasteiger partial charge in [-0.05, 0) is 53.6 Å². The van der Waals surface area contributed by atoms with Gasteiger partial charge in [0, 0.05) is 33.0 Å². The lowest BCUT2D eigenvalue weighted by Gasteiger charge is -2.08. The number of nitrogens with zero attached hydrogens (tertiary/aromatic N) is 4. The third kappa shape index (κ3) is 4.52. The fraction of sp³-hybridized carbons (Fsp3) is 0.